The lowest BCUT2D eigenvalue weighted by molar-refractivity contribution is 0.0526. The summed E-state index contributed by atoms with van der Waals surface area (Å²) >= 11 is 1.78. The number of esters is 1. The Labute approximate surface area is 272 Å². The van der Waals surface area contributed by atoms with Gasteiger partial charge in [-0.1, -0.05) is 60.3 Å². The van der Waals surface area contributed by atoms with E-state index in [0.29, 0.717) is 23.7 Å². The molecule has 7 rings (SSSR count). The first-order valence-corrected chi connectivity index (χ1v) is 15.9. The predicted molar refractivity (Wildman–Crippen MR) is 185 cm³/mol. The summed E-state index contributed by atoms with van der Waals surface area (Å²) in [6.45, 7) is 4.25. The van der Waals surface area contributed by atoms with Gasteiger partial charge in [-0.3, -0.25) is 0 Å². The lowest BCUT2D eigenvalue weighted by Crippen LogP contribution is -2.15. The molecular formula is C39H32N2O4S. The summed E-state index contributed by atoms with van der Waals surface area (Å²) in [5.74, 6) is 0.968. The molecule has 0 N–H and O–H groups in total. The normalized spacial score (nSPS) is 12.0. The lowest BCUT2D eigenvalue weighted by atomic mass is 9.94. The van der Waals surface area contributed by atoms with Crippen LogP contribution in [0.1, 0.15) is 22.8 Å². The standard InChI is InChI=1S/C39H32N2O4S/c1-5-45-39(42)26-17-15-25(16-18-26)29-23-28(27-19-21-33(43-3)34(22-27)44-4)37-24(2)14-20-32(38(37)40-29)41-30-10-6-8-12-35(30)46-36-13-9-7-11-31(36)41/h6-23H,5H2,1-4H3. The molecule has 1 aliphatic heterocycles. The number of para-hydroxylation sites is 2. The fourth-order valence-corrected chi connectivity index (χ4v) is 7.07. The highest BCUT2D eigenvalue weighted by Crippen LogP contribution is 2.53. The smallest absolute Gasteiger partial charge is 0.338 e. The fourth-order valence-electron chi connectivity index (χ4n) is 6.01. The molecule has 6 aromatic rings. The van der Waals surface area contributed by atoms with Crippen molar-refractivity contribution < 1.29 is 19.0 Å². The Balaban J connectivity index is 1.52. The van der Waals surface area contributed by atoms with Gasteiger partial charge < -0.3 is 19.1 Å². The van der Waals surface area contributed by atoms with E-state index in [-0.39, 0.29) is 5.97 Å². The quantitative estimate of drug-likeness (QED) is 0.164. The van der Waals surface area contributed by atoms with Gasteiger partial charge in [0.25, 0.3) is 0 Å². The third-order valence-electron chi connectivity index (χ3n) is 8.21. The van der Waals surface area contributed by atoms with Gasteiger partial charge in [0.2, 0.25) is 0 Å². The van der Waals surface area contributed by atoms with E-state index in [9.17, 15) is 4.79 Å². The van der Waals surface area contributed by atoms with Crippen LogP contribution in [0.2, 0.25) is 0 Å². The minimum Gasteiger partial charge on any atom is -0.493 e. The van der Waals surface area contributed by atoms with Crippen LogP contribution in [0, 0.1) is 6.92 Å². The monoisotopic (exact) mass is 624 g/mol. The number of hydrogen-bond donors (Lipinski definition) is 0. The van der Waals surface area contributed by atoms with Crippen molar-refractivity contribution in [2.75, 3.05) is 25.7 Å². The maximum Gasteiger partial charge on any atom is 0.338 e. The van der Waals surface area contributed by atoms with Crippen molar-refractivity contribution in [2.45, 2.75) is 23.6 Å². The Bertz CT molecular complexity index is 2060. The van der Waals surface area contributed by atoms with Gasteiger partial charge in [0.05, 0.1) is 54.7 Å². The molecule has 1 aliphatic rings. The third-order valence-corrected chi connectivity index (χ3v) is 9.34. The zero-order chi connectivity index (χ0) is 31.8. The van der Waals surface area contributed by atoms with E-state index in [4.69, 9.17) is 19.2 Å². The number of methoxy groups -OCH3 is 2. The molecule has 0 amide bonds. The number of pyridine rings is 1. The largest absolute Gasteiger partial charge is 0.493 e. The Kier molecular flexibility index (Phi) is 7.84. The second kappa shape index (κ2) is 12.3. The molecule has 0 spiro atoms. The van der Waals surface area contributed by atoms with Crippen LogP contribution in [-0.4, -0.2) is 31.8 Å². The Morgan fingerprint density at radius 1 is 0.739 bits per heavy atom. The molecule has 0 bridgehead atoms. The van der Waals surface area contributed by atoms with Crippen LogP contribution in [0.25, 0.3) is 33.3 Å². The molecule has 0 aliphatic carbocycles. The minimum absolute atomic E-state index is 0.324. The average molecular weight is 625 g/mol. The predicted octanol–water partition coefficient (Wildman–Crippen LogP) is 10.0. The number of hydrogen-bond acceptors (Lipinski definition) is 7. The topological polar surface area (TPSA) is 60.9 Å². The van der Waals surface area contributed by atoms with E-state index in [0.717, 1.165) is 55.9 Å². The first-order valence-electron chi connectivity index (χ1n) is 15.1. The highest BCUT2D eigenvalue weighted by atomic mass is 32.2. The van der Waals surface area contributed by atoms with Crippen molar-refractivity contribution in [1.82, 2.24) is 4.98 Å². The van der Waals surface area contributed by atoms with E-state index >= 15 is 0 Å². The number of aromatic nitrogens is 1. The highest BCUT2D eigenvalue weighted by molar-refractivity contribution is 7.99. The fraction of sp³-hybridized carbons (Fsp3) is 0.128. The van der Waals surface area contributed by atoms with Crippen molar-refractivity contribution in [3.8, 4) is 33.9 Å². The maximum atomic E-state index is 12.4. The zero-order valence-electron chi connectivity index (χ0n) is 26.0. The molecule has 0 fully saturated rings. The Hall–Kier alpha value is -5.27. The van der Waals surface area contributed by atoms with Crippen LogP contribution in [-0.2, 0) is 4.74 Å². The molecular weight excluding hydrogens is 593 g/mol. The second-order valence-electron chi connectivity index (χ2n) is 10.9. The molecule has 46 heavy (non-hydrogen) atoms. The molecule has 228 valence electrons. The van der Waals surface area contributed by atoms with Crippen molar-refractivity contribution >= 4 is 45.7 Å². The van der Waals surface area contributed by atoms with Gasteiger partial charge in [-0.2, -0.15) is 0 Å². The number of benzene rings is 5. The molecule has 5 aromatic carbocycles. The van der Waals surface area contributed by atoms with E-state index in [2.05, 4.69) is 84.6 Å². The van der Waals surface area contributed by atoms with Gasteiger partial charge in [0.1, 0.15) is 0 Å². The van der Waals surface area contributed by atoms with Crippen LogP contribution in [0.3, 0.4) is 0 Å². The number of carbonyl (C=O) groups excluding carboxylic acids is 1. The Morgan fingerprint density at radius 2 is 1.39 bits per heavy atom. The summed E-state index contributed by atoms with van der Waals surface area (Å²) in [5.41, 5.74) is 9.33. The van der Waals surface area contributed by atoms with Gasteiger partial charge in [-0.05, 0) is 91.2 Å². The van der Waals surface area contributed by atoms with Crippen LogP contribution >= 0.6 is 11.8 Å². The number of ether oxygens (including phenoxy) is 3. The summed E-state index contributed by atoms with van der Waals surface area (Å²) in [7, 11) is 3.29. The molecule has 2 heterocycles. The average Bonchev–Trinajstić information content (AvgIpc) is 3.10. The molecule has 0 saturated heterocycles. The number of anilines is 3. The van der Waals surface area contributed by atoms with Gasteiger partial charge in [-0.25, -0.2) is 9.78 Å². The van der Waals surface area contributed by atoms with Gasteiger partial charge >= 0.3 is 5.97 Å². The van der Waals surface area contributed by atoms with Gasteiger partial charge in [-0.15, -0.1) is 0 Å². The molecule has 0 atom stereocenters. The first-order chi connectivity index (χ1) is 22.5. The molecule has 0 radical (unpaired) electrons. The zero-order valence-corrected chi connectivity index (χ0v) is 26.9. The van der Waals surface area contributed by atoms with Crippen LogP contribution < -0.4 is 14.4 Å². The number of nitrogens with zero attached hydrogens (tertiary/aromatic N) is 2. The van der Waals surface area contributed by atoms with Crippen molar-refractivity contribution in [1.29, 1.82) is 0 Å². The molecule has 0 saturated carbocycles. The van der Waals surface area contributed by atoms with E-state index in [1.165, 1.54) is 9.79 Å². The van der Waals surface area contributed by atoms with Gasteiger partial charge in [0.15, 0.2) is 11.5 Å². The SMILES string of the molecule is CCOC(=O)c1ccc(-c2cc(-c3ccc(OC)c(OC)c3)c3c(C)ccc(N4c5ccccc5Sc5ccccc54)c3n2)cc1. The summed E-state index contributed by atoms with van der Waals surface area (Å²) in [5, 5.41) is 1.05. The van der Waals surface area contributed by atoms with E-state index in [1.807, 2.05) is 24.3 Å². The summed E-state index contributed by atoms with van der Waals surface area (Å²) in [4.78, 5) is 22.5. The minimum atomic E-state index is -0.343. The number of fused-ring (bicyclic) bond motifs is 3. The molecule has 0 unspecified atom stereocenters. The van der Waals surface area contributed by atoms with E-state index < -0.39 is 0 Å². The number of aryl methyl sites for hydroxylation is 1. The summed E-state index contributed by atoms with van der Waals surface area (Å²) in [6, 6.07) is 36.9. The summed E-state index contributed by atoms with van der Waals surface area (Å²) in [6.07, 6.45) is 0. The van der Waals surface area contributed by atoms with E-state index in [1.54, 1.807) is 45.0 Å². The van der Waals surface area contributed by atoms with Crippen molar-refractivity contribution in [2.24, 2.45) is 0 Å². The number of rotatable bonds is 7. The lowest BCUT2D eigenvalue weighted by Gasteiger charge is -2.33. The molecule has 6 nitrogen and oxygen atoms in total. The third kappa shape index (κ3) is 5.12. The van der Waals surface area contributed by atoms with Crippen molar-refractivity contribution in [3.05, 3.63) is 120 Å². The van der Waals surface area contributed by atoms with Gasteiger partial charge in [0, 0.05) is 20.7 Å². The maximum absolute atomic E-state index is 12.4. The Morgan fingerprint density at radius 3 is 2.04 bits per heavy atom. The summed E-state index contributed by atoms with van der Waals surface area (Å²) < 4.78 is 16.5. The first kappa shape index (κ1) is 29.4. The van der Waals surface area contributed by atoms with Crippen LogP contribution in [0.15, 0.2) is 119 Å². The van der Waals surface area contributed by atoms with Crippen LogP contribution in [0.5, 0.6) is 11.5 Å². The second-order valence-corrected chi connectivity index (χ2v) is 12.0. The highest BCUT2D eigenvalue weighted by Gasteiger charge is 2.27. The number of carbonyl (C=O) groups is 1. The molecule has 1 aromatic heterocycles. The molecule has 7 heteroatoms. The van der Waals surface area contributed by atoms with Crippen LogP contribution in [0.4, 0.5) is 17.1 Å². The van der Waals surface area contributed by atoms with Crippen molar-refractivity contribution in [3.63, 3.8) is 0 Å².